The molecule has 0 amide bonds. The molecule has 0 atom stereocenters. The van der Waals surface area contributed by atoms with E-state index in [-0.39, 0.29) is 6.92 Å². The Hall–Kier alpha value is -1.15. The fraction of sp³-hybridized carbons (Fsp3) is 0.400. The Kier molecular flexibility index (Phi) is 3.73. The van der Waals surface area contributed by atoms with Crippen molar-refractivity contribution in [3.8, 4) is 0 Å². The van der Waals surface area contributed by atoms with Crippen molar-refractivity contribution in [3.05, 3.63) is 29.8 Å². The maximum absolute atomic E-state index is 12.8. The quantitative estimate of drug-likeness (QED) is 0.631. The van der Waals surface area contributed by atoms with E-state index in [4.69, 9.17) is 0 Å². The maximum atomic E-state index is 12.8. The van der Waals surface area contributed by atoms with E-state index < -0.39 is 27.0 Å². The lowest BCUT2D eigenvalue weighted by atomic mass is 10.2. The predicted octanol–water partition coefficient (Wildman–Crippen LogP) is 2.95. The predicted molar refractivity (Wildman–Crippen MR) is 55.0 cm³/mol. The third-order valence-electron chi connectivity index (χ3n) is 2.04. The minimum Gasteiger partial charge on any atom is -0.197 e. The number of hydrogen-bond acceptors (Lipinski definition) is 3. The average Bonchev–Trinajstić information content (AvgIpc) is 2.14. The van der Waals surface area contributed by atoms with Crippen molar-refractivity contribution in [1.82, 2.24) is 0 Å². The van der Waals surface area contributed by atoms with E-state index in [0.717, 1.165) is 12.1 Å². The van der Waals surface area contributed by atoms with Crippen LogP contribution in [0.1, 0.15) is 12.5 Å². The van der Waals surface area contributed by atoms with Crippen LogP contribution in [-0.2, 0) is 14.3 Å². The van der Waals surface area contributed by atoms with Crippen LogP contribution in [0.2, 0.25) is 0 Å². The molecular weight excluding hydrogens is 276 g/mol. The van der Waals surface area contributed by atoms with Gasteiger partial charge >= 0.3 is 22.1 Å². The second kappa shape index (κ2) is 4.51. The molecule has 0 heterocycles. The van der Waals surface area contributed by atoms with Crippen molar-refractivity contribution < 1.29 is 30.2 Å². The summed E-state index contributed by atoms with van der Waals surface area (Å²) >= 11 is 0. The first-order chi connectivity index (χ1) is 7.96. The minimum absolute atomic E-state index is 0.127. The molecule has 1 rings (SSSR count). The Labute approximate surface area is 102 Å². The number of aryl methyl sites for hydroxylation is 1. The molecule has 0 aromatic heterocycles. The van der Waals surface area contributed by atoms with E-state index in [1.807, 2.05) is 0 Å². The zero-order chi connectivity index (χ0) is 14.2. The van der Waals surface area contributed by atoms with Gasteiger partial charge in [-0.15, -0.1) is 0 Å². The number of halogens is 4. The molecule has 18 heavy (non-hydrogen) atoms. The lowest BCUT2D eigenvalue weighted by molar-refractivity contribution is -0.299. The maximum Gasteiger partial charge on any atom is 0.433 e. The Morgan fingerprint density at radius 2 is 1.50 bits per heavy atom. The van der Waals surface area contributed by atoms with Crippen LogP contribution in [0, 0.1) is 6.92 Å². The van der Waals surface area contributed by atoms with Gasteiger partial charge in [0, 0.05) is 6.92 Å². The van der Waals surface area contributed by atoms with E-state index in [2.05, 4.69) is 4.18 Å². The number of hydrogen-bond donors (Lipinski definition) is 0. The standard InChI is InChI=1S/C10H10F4O3S/c1-7-3-5-8(6-4-7)18(15,16)17-10(13,14)9(2,11)12/h3-6H,1-2H3. The van der Waals surface area contributed by atoms with Crippen LogP contribution in [-0.4, -0.2) is 20.4 Å². The van der Waals surface area contributed by atoms with Gasteiger partial charge in [0.05, 0.1) is 4.90 Å². The van der Waals surface area contributed by atoms with Gasteiger partial charge in [0.15, 0.2) is 0 Å². The normalized spacial score (nSPS) is 13.7. The van der Waals surface area contributed by atoms with Crippen LogP contribution in [0.3, 0.4) is 0 Å². The van der Waals surface area contributed by atoms with Crippen LogP contribution in [0.5, 0.6) is 0 Å². The molecule has 0 saturated heterocycles. The van der Waals surface area contributed by atoms with E-state index in [9.17, 15) is 26.0 Å². The van der Waals surface area contributed by atoms with E-state index >= 15 is 0 Å². The average molecular weight is 286 g/mol. The van der Waals surface area contributed by atoms with Crippen molar-refractivity contribution in [2.45, 2.75) is 30.8 Å². The van der Waals surface area contributed by atoms with Gasteiger partial charge in [-0.1, -0.05) is 17.7 Å². The van der Waals surface area contributed by atoms with Crippen molar-refractivity contribution in [1.29, 1.82) is 0 Å². The van der Waals surface area contributed by atoms with Gasteiger partial charge in [-0.3, -0.25) is 0 Å². The van der Waals surface area contributed by atoms with Crippen LogP contribution < -0.4 is 0 Å². The Balaban J connectivity index is 3.07. The molecule has 3 nitrogen and oxygen atoms in total. The van der Waals surface area contributed by atoms with Gasteiger partial charge in [-0.25, -0.2) is 0 Å². The molecule has 0 aliphatic heterocycles. The summed E-state index contributed by atoms with van der Waals surface area (Å²) in [6.45, 7) is 1.52. The first kappa shape index (κ1) is 14.9. The Morgan fingerprint density at radius 1 is 1.06 bits per heavy atom. The molecule has 0 fully saturated rings. The smallest absolute Gasteiger partial charge is 0.197 e. The topological polar surface area (TPSA) is 43.4 Å². The second-order valence-electron chi connectivity index (χ2n) is 3.76. The molecule has 0 radical (unpaired) electrons. The fourth-order valence-electron chi connectivity index (χ4n) is 0.964. The monoisotopic (exact) mass is 286 g/mol. The van der Waals surface area contributed by atoms with Gasteiger partial charge in [-0.2, -0.15) is 30.2 Å². The summed E-state index contributed by atoms with van der Waals surface area (Å²) in [4.78, 5) is -0.614. The first-order valence-corrected chi connectivity index (χ1v) is 6.14. The highest BCUT2D eigenvalue weighted by atomic mass is 32.2. The van der Waals surface area contributed by atoms with Crippen LogP contribution in [0.4, 0.5) is 17.6 Å². The molecule has 8 heteroatoms. The molecule has 1 aromatic rings. The number of benzene rings is 1. The highest BCUT2D eigenvalue weighted by Gasteiger charge is 2.57. The summed E-state index contributed by atoms with van der Waals surface area (Å²) in [5.74, 6) is -4.61. The SMILES string of the molecule is Cc1ccc(S(=O)(=O)OC(F)(F)C(C)(F)F)cc1. The summed E-state index contributed by atoms with van der Waals surface area (Å²) in [5, 5.41) is 0. The van der Waals surface area contributed by atoms with Gasteiger partial charge in [0.25, 0.3) is 0 Å². The summed E-state index contributed by atoms with van der Waals surface area (Å²) in [5.41, 5.74) is 0.682. The van der Waals surface area contributed by atoms with Gasteiger partial charge in [0.2, 0.25) is 0 Å². The molecule has 0 spiro atoms. The lowest BCUT2D eigenvalue weighted by Gasteiger charge is -2.22. The van der Waals surface area contributed by atoms with Crippen LogP contribution in [0.15, 0.2) is 29.2 Å². The van der Waals surface area contributed by atoms with Gasteiger partial charge in [-0.05, 0) is 19.1 Å². The third-order valence-corrected chi connectivity index (χ3v) is 3.31. The van der Waals surface area contributed by atoms with Crippen molar-refractivity contribution >= 4 is 10.1 Å². The summed E-state index contributed by atoms with van der Waals surface area (Å²) in [7, 11) is -4.95. The van der Waals surface area contributed by atoms with Crippen LogP contribution >= 0.6 is 0 Å². The van der Waals surface area contributed by atoms with E-state index in [1.165, 1.54) is 12.1 Å². The highest BCUT2D eigenvalue weighted by molar-refractivity contribution is 7.86. The van der Waals surface area contributed by atoms with Crippen molar-refractivity contribution in [2.24, 2.45) is 0 Å². The molecule has 1 aromatic carbocycles. The molecule has 0 N–H and O–H groups in total. The molecule has 0 aliphatic rings. The van der Waals surface area contributed by atoms with Gasteiger partial charge in [0.1, 0.15) is 0 Å². The van der Waals surface area contributed by atoms with E-state index in [0.29, 0.717) is 5.56 Å². The Morgan fingerprint density at radius 3 is 1.89 bits per heavy atom. The van der Waals surface area contributed by atoms with Crippen molar-refractivity contribution in [2.75, 3.05) is 0 Å². The molecule has 0 bridgehead atoms. The zero-order valence-electron chi connectivity index (χ0n) is 9.45. The second-order valence-corrected chi connectivity index (χ2v) is 5.30. The number of rotatable bonds is 4. The van der Waals surface area contributed by atoms with Crippen molar-refractivity contribution in [3.63, 3.8) is 0 Å². The molecule has 0 unspecified atom stereocenters. The molecule has 0 aliphatic carbocycles. The fourth-order valence-corrected chi connectivity index (χ4v) is 1.95. The summed E-state index contributed by atoms with van der Waals surface area (Å²) in [6.07, 6.45) is -5.10. The molecular formula is C10H10F4O3S. The summed E-state index contributed by atoms with van der Waals surface area (Å²) in [6, 6.07) is 4.65. The third kappa shape index (κ3) is 3.20. The summed E-state index contributed by atoms with van der Waals surface area (Å²) < 4.78 is 76.7. The first-order valence-electron chi connectivity index (χ1n) is 4.74. The van der Waals surface area contributed by atoms with Crippen LogP contribution in [0.25, 0.3) is 0 Å². The van der Waals surface area contributed by atoms with E-state index in [1.54, 1.807) is 6.92 Å². The molecule has 0 saturated carbocycles. The minimum atomic E-state index is -5.10. The largest absolute Gasteiger partial charge is 0.433 e. The Bertz CT molecular complexity index is 517. The lowest BCUT2D eigenvalue weighted by Crippen LogP contribution is -2.41. The number of alkyl halides is 4. The zero-order valence-corrected chi connectivity index (χ0v) is 10.3. The highest BCUT2D eigenvalue weighted by Crippen LogP contribution is 2.37. The van der Waals surface area contributed by atoms with Gasteiger partial charge < -0.3 is 0 Å². The molecule has 102 valence electrons.